The van der Waals surface area contributed by atoms with Crippen molar-refractivity contribution in [2.75, 3.05) is 22.5 Å². The van der Waals surface area contributed by atoms with Gasteiger partial charge in [0.1, 0.15) is 11.9 Å². The molecule has 10 heteroatoms. The molecule has 38 heavy (non-hydrogen) atoms. The minimum Gasteiger partial charge on any atom is -0.480 e. The normalized spacial score (nSPS) is 14.4. The average Bonchev–Trinajstić information content (AvgIpc) is 2.93. The van der Waals surface area contributed by atoms with Crippen LogP contribution in [0.1, 0.15) is 16.7 Å². The molecule has 2 N–H and O–H groups in total. The van der Waals surface area contributed by atoms with Crippen molar-refractivity contribution in [3.8, 4) is 11.4 Å². The summed E-state index contributed by atoms with van der Waals surface area (Å²) in [4.78, 5) is 27.7. The van der Waals surface area contributed by atoms with Crippen LogP contribution in [0.3, 0.4) is 0 Å². The molecular formula is C28H26FN5O3S. The van der Waals surface area contributed by atoms with Crippen LogP contribution in [0.4, 0.5) is 16.3 Å². The van der Waals surface area contributed by atoms with Gasteiger partial charge in [-0.1, -0.05) is 54.6 Å². The van der Waals surface area contributed by atoms with Crippen LogP contribution in [0.2, 0.25) is 0 Å². The number of aromatic nitrogens is 3. The van der Waals surface area contributed by atoms with E-state index in [1.165, 1.54) is 17.7 Å². The van der Waals surface area contributed by atoms with E-state index < -0.39 is 22.8 Å². The van der Waals surface area contributed by atoms with Gasteiger partial charge in [0.05, 0.1) is 5.75 Å². The van der Waals surface area contributed by atoms with Crippen LogP contribution in [0.25, 0.3) is 11.4 Å². The van der Waals surface area contributed by atoms with E-state index in [0.29, 0.717) is 24.6 Å². The van der Waals surface area contributed by atoms with Gasteiger partial charge >= 0.3 is 5.97 Å². The summed E-state index contributed by atoms with van der Waals surface area (Å²) in [5.74, 6) is -0.727. The molecule has 2 atom stereocenters. The van der Waals surface area contributed by atoms with Crippen LogP contribution >= 0.6 is 0 Å². The van der Waals surface area contributed by atoms with Gasteiger partial charge in [-0.2, -0.15) is 15.0 Å². The van der Waals surface area contributed by atoms with E-state index in [1.54, 1.807) is 12.1 Å². The minimum atomic E-state index is -1.44. The Morgan fingerprint density at radius 2 is 1.68 bits per heavy atom. The first-order chi connectivity index (χ1) is 18.4. The van der Waals surface area contributed by atoms with Gasteiger partial charge in [-0.25, -0.2) is 9.18 Å². The predicted octanol–water partition coefficient (Wildman–Crippen LogP) is 4.05. The third-order valence-electron chi connectivity index (χ3n) is 6.26. The minimum absolute atomic E-state index is 0.0531. The Morgan fingerprint density at radius 3 is 2.42 bits per heavy atom. The summed E-state index contributed by atoms with van der Waals surface area (Å²) in [7, 11) is -1.44. The number of benzene rings is 3. The van der Waals surface area contributed by atoms with Crippen LogP contribution in [0, 0.1) is 5.82 Å². The van der Waals surface area contributed by atoms with Crippen molar-refractivity contribution >= 4 is 28.7 Å². The maximum absolute atomic E-state index is 13.6. The van der Waals surface area contributed by atoms with Crippen molar-refractivity contribution in [2.45, 2.75) is 24.8 Å². The monoisotopic (exact) mass is 531 g/mol. The topological polar surface area (TPSA) is 108 Å². The van der Waals surface area contributed by atoms with Gasteiger partial charge in [-0.05, 0) is 47.4 Å². The Labute approximate surface area is 222 Å². The highest BCUT2D eigenvalue weighted by Gasteiger charge is 2.25. The number of hydrogen-bond donors (Lipinski definition) is 2. The fourth-order valence-corrected chi connectivity index (χ4v) is 5.58. The number of carboxylic acids is 1. The summed E-state index contributed by atoms with van der Waals surface area (Å²) in [5.41, 5.74) is 3.86. The first-order valence-electron chi connectivity index (χ1n) is 12.2. The molecule has 2 heterocycles. The first-order valence-corrected chi connectivity index (χ1v) is 13.7. The smallest absolute Gasteiger partial charge is 0.327 e. The number of carboxylic acid groups (broad SMARTS) is 1. The van der Waals surface area contributed by atoms with Gasteiger partial charge in [0, 0.05) is 35.2 Å². The standard InChI is InChI=1S/C28H26FN5O3S/c29-23-12-10-21(11-13-23)25-31-27(30-24(26(35)36)18-38(37)17-19-6-2-1-3-7-19)33-28(32-25)34-15-14-20-8-4-5-9-22(20)16-34/h1-13,24H,14-18H2,(H,35,36)(H,30,31,32,33). The maximum atomic E-state index is 13.6. The molecule has 3 aromatic carbocycles. The van der Waals surface area contributed by atoms with Gasteiger partial charge in [0.15, 0.2) is 5.82 Å². The number of anilines is 2. The Hall–Kier alpha value is -4.18. The highest BCUT2D eigenvalue weighted by molar-refractivity contribution is 7.84. The van der Waals surface area contributed by atoms with E-state index in [2.05, 4.69) is 32.4 Å². The Bertz CT molecular complexity index is 1450. The van der Waals surface area contributed by atoms with Crippen molar-refractivity contribution in [1.29, 1.82) is 0 Å². The Kier molecular flexibility index (Phi) is 7.69. The fraction of sp³-hybridized carbons (Fsp3) is 0.214. The quantitative estimate of drug-likeness (QED) is 0.333. The average molecular weight is 532 g/mol. The van der Waals surface area contributed by atoms with E-state index in [9.17, 15) is 18.5 Å². The molecular weight excluding hydrogens is 505 g/mol. The van der Waals surface area contributed by atoms with Gasteiger partial charge in [0.25, 0.3) is 0 Å². The molecule has 0 saturated heterocycles. The zero-order valence-corrected chi connectivity index (χ0v) is 21.3. The second-order valence-electron chi connectivity index (χ2n) is 9.00. The number of fused-ring (bicyclic) bond motifs is 1. The lowest BCUT2D eigenvalue weighted by molar-refractivity contribution is -0.137. The molecule has 4 aromatic rings. The molecule has 0 fully saturated rings. The van der Waals surface area contributed by atoms with Crippen LogP contribution in [0.5, 0.6) is 0 Å². The molecule has 0 amide bonds. The molecule has 0 aliphatic carbocycles. The van der Waals surface area contributed by atoms with Crippen LogP contribution in [-0.2, 0) is 34.3 Å². The zero-order valence-electron chi connectivity index (χ0n) is 20.5. The van der Waals surface area contributed by atoms with E-state index in [0.717, 1.165) is 17.5 Å². The second-order valence-corrected chi connectivity index (χ2v) is 10.5. The number of halogens is 1. The number of nitrogens with zero attached hydrogens (tertiary/aromatic N) is 4. The zero-order chi connectivity index (χ0) is 26.5. The van der Waals surface area contributed by atoms with Gasteiger partial charge in [-0.3, -0.25) is 4.21 Å². The molecule has 194 valence electrons. The highest BCUT2D eigenvalue weighted by Crippen LogP contribution is 2.25. The predicted molar refractivity (Wildman–Crippen MR) is 145 cm³/mol. The molecule has 2 unspecified atom stereocenters. The number of hydrogen-bond acceptors (Lipinski definition) is 7. The molecule has 0 radical (unpaired) electrons. The van der Waals surface area contributed by atoms with E-state index >= 15 is 0 Å². The molecule has 8 nitrogen and oxygen atoms in total. The van der Waals surface area contributed by atoms with Gasteiger partial charge in [0.2, 0.25) is 11.9 Å². The van der Waals surface area contributed by atoms with Gasteiger partial charge in [-0.15, -0.1) is 0 Å². The van der Waals surface area contributed by atoms with E-state index in [4.69, 9.17) is 0 Å². The molecule has 1 aliphatic rings. The third kappa shape index (κ3) is 6.20. The van der Waals surface area contributed by atoms with Crippen LogP contribution in [0.15, 0.2) is 78.9 Å². The van der Waals surface area contributed by atoms with Crippen molar-refractivity contribution < 1.29 is 18.5 Å². The molecule has 1 aromatic heterocycles. The summed E-state index contributed by atoms with van der Waals surface area (Å²) in [6, 6.07) is 22.0. The van der Waals surface area contributed by atoms with Crippen molar-refractivity contribution in [1.82, 2.24) is 15.0 Å². The van der Waals surface area contributed by atoms with Gasteiger partial charge < -0.3 is 15.3 Å². The highest BCUT2D eigenvalue weighted by atomic mass is 32.2. The van der Waals surface area contributed by atoms with Crippen LogP contribution in [-0.4, -0.2) is 48.6 Å². The van der Waals surface area contributed by atoms with Crippen molar-refractivity contribution in [3.63, 3.8) is 0 Å². The number of aliphatic carboxylic acids is 1. The Balaban J connectivity index is 1.43. The molecule has 0 saturated carbocycles. The molecule has 5 rings (SSSR count). The number of nitrogens with one attached hydrogen (secondary N) is 1. The summed E-state index contributed by atoms with van der Waals surface area (Å²) >= 11 is 0. The second kappa shape index (κ2) is 11.5. The lowest BCUT2D eigenvalue weighted by Crippen LogP contribution is -2.36. The first kappa shape index (κ1) is 25.5. The lowest BCUT2D eigenvalue weighted by atomic mass is 10.0. The molecule has 0 spiro atoms. The third-order valence-corrected chi connectivity index (χ3v) is 7.62. The summed E-state index contributed by atoms with van der Waals surface area (Å²) < 4.78 is 26.3. The van der Waals surface area contributed by atoms with Crippen LogP contribution < -0.4 is 10.2 Å². The van der Waals surface area contributed by atoms with Crippen molar-refractivity contribution in [3.05, 3.63) is 101 Å². The maximum Gasteiger partial charge on any atom is 0.327 e. The summed E-state index contributed by atoms with van der Waals surface area (Å²) in [5, 5.41) is 12.7. The number of carbonyl (C=O) groups is 1. The summed E-state index contributed by atoms with van der Waals surface area (Å²) in [6.07, 6.45) is 0.812. The molecule has 1 aliphatic heterocycles. The Morgan fingerprint density at radius 1 is 0.974 bits per heavy atom. The number of rotatable bonds is 9. The van der Waals surface area contributed by atoms with E-state index in [1.807, 2.05) is 47.4 Å². The lowest BCUT2D eigenvalue weighted by Gasteiger charge is -2.29. The van der Waals surface area contributed by atoms with E-state index in [-0.39, 0.29) is 29.1 Å². The summed E-state index contributed by atoms with van der Waals surface area (Å²) in [6.45, 7) is 1.26. The largest absolute Gasteiger partial charge is 0.480 e. The SMILES string of the molecule is O=C(O)C(CS(=O)Cc1ccccc1)Nc1nc(-c2ccc(F)cc2)nc(N2CCc3ccccc3C2)n1. The molecule has 0 bridgehead atoms. The fourth-order valence-electron chi connectivity index (χ4n) is 4.30. The van der Waals surface area contributed by atoms with Crippen molar-refractivity contribution in [2.24, 2.45) is 0 Å².